The largest absolute Gasteiger partial charge is 0.176 e. The van der Waals surface area contributed by atoms with E-state index in [9.17, 15) is 0 Å². The Hall–Kier alpha value is 0.700. The van der Waals surface area contributed by atoms with Crippen LogP contribution in [0.2, 0.25) is 0 Å². The molecule has 2 atom stereocenters. The van der Waals surface area contributed by atoms with Crippen LogP contribution >= 0.6 is 25.3 Å². The summed E-state index contributed by atoms with van der Waals surface area (Å²) >= 11 is 9.40. The molecule has 0 heterocycles. The molecule has 2 unspecified atom stereocenters. The van der Waals surface area contributed by atoms with Gasteiger partial charge in [-0.15, -0.1) is 0 Å². The molecule has 102 valence electrons. The average molecular weight is 275 g/mol. The Morgan fingerprint density at radius 2 is 0.706 bits per heavy atom. The summed E-state index contributed by atoms with van der Waals surface area (Å²) in [6.07, 6.45) is 18.0. The van der Waals surface area contributed by atoms with E-state index < -0.39 is 0 Å². The van der Waals surface area contributed by atoms with E-state index >= 15 is 0 Å². The summed E-state index contributed by atoms with van der Waals surface area (Å²) in [5, 5.41) is 1.24. The van der Waals surface area contributed by atoms with Crippen molar-refractivity contribution in [3.8, 4) is 0 Å². The van der Waals surface area contributed by atoms with Crippen LogP contribution < -0.4 is 0 Å². The minimum Gasteiger partial charge on any atom is -0.176 e. The summed E-state index contributed by atoms with van der Waals surface area (Å²) in [6, 6.07) is 0. The van der Waals surface area contributed by atoms with Gasteiger partial charge in [-0.3, -0.25) is 0 Å². The van der Waals surface area contributed by atoms with E-state index in [0.717, 1.165) is 0 Å². The lowest BCUT2D eigenvalue weighted by Crippen LogP contribution is -2.05. The molecule has 0 aromatic rings. The number of hydrogen-bond acceptors (Lipinski definition) is 2. The van der Waals surface area contributed by atoms with E-state index in [1.54, 1.807) is 0 Å². The molecule has 0 amide bonds. The Morgan fingerprint density at radius 1 is 0.412 bits per heavy atom. The molecule has 1 fully saturated rings. The lowest BCUT2D eigenvalue weighted by Gasteiger charge is -2.14. The highest BCUT2D eigenvalue weighted by molar-refractivity contribution is 7.81. The predicted octanol–water partition coefficient (Wildman–Crippen LogP) is 5.67. The highest BCUT2D eigenvalue weighted by Crippen LogP contribution is 2.21. The fraction of sp³-hybridized carbons (Fsp3) is 1.00. The summed E-state index contributed by atoms with van der Waals surface area (Å²) < 4.78 is 0. The molecule has 0 N–H and O–H groups in total. The van der Waals surface area contributed by atoms with E-state index in [-0.39, 0.29) is 0 Å². The van der Waals surface area contributed by atoms with Gasteiger partial charge in [-0.1, -0.05) is 57.8 Å². The molecule has 0 radical (unpaired) electrons. The summed E-state index contributed by atoms with van der Waals surface area (Å²) in [7, 11) is 0. The van der Waals surface area contributed by atoms with Crippen LogP contribution in [-0.4, -0.2) is 10.5 Å². The van der Waals surface area contributed by atoms with Gasteiger partial charge >= 0.3 is 0 Å². The Kier molecular flexibility index (Phi) is 9.83. The average Bonchev–Trinajstić information content (AvgIpc) is 2.33. The van der Waals surface area contributed by atoms with Gasteiger partial charge in [0, 0.05) is 10.5 Å². The highest BCUT2D eigenvalue weighted by Gasteiger charge is 2.08. The van der Waals surface area contributed by atoms with E-state index in [0.29, 0.717) is 10.5 Å². The van der Waals surface area contributed by atoms with E-state index in [1.165, 1.54) is 83.5 Å². The van der Waals surface area contributed by atoms with Crippen LogP contribution in [0.15, 0.2) is 0 Å². The first-order valence-corrected chi connectivity index (χ1v) is 8.68. The quantitative estimate of drug-likeness (QED) is 0.523. The van der Waals surface area contributed by atoms with Crippen LogP contribution in [0.1, 0.15) is 83.5 Å². The van der Waals surface area contributed by atoms with Crippen molar-refractivity contribution in [2.45, 2.75) is 94.0 Å². The van der Waals surface area contributed by atoms with E-state index in [2.05, 4.69) is 0 Å². The van der Waals surface area contributed by atoms with E-state index in [1.807, 2.05) is 0 Å². The van der Waals surface area contributed by atoms with Crippen molar-refractivity contribution in [2.24, 2.45) is 0 Å². The van der Waals surface area contributed by atoms with Crippen LogP contribution in [0.5, 0.6) is 0 Å². The zero-order valence-corrected chi connectivity index (χ0v) is 13.0. The molecule has 0 nitrogen and oxygen atoms in total. The van der Waals surface area contributed by atoms with Gasteiger partial charge in [0.25, 0.3) is 0 Å². The third kappa shape index (κ3) is 9.30. The number of rotatable bonds is 0. The Labute approximate surface area is 119 Å². The minimum absolute atomic E-state index is 0.620. The molecule has 1 rings (SSSR count). The van der Waals surface area contributed by atoms with Crippen LogP contribution in [0.3, 0.4) is 0 Å². The highest BCUT2D eigenvalue weighted by atomic mass is 32.1. The van der Waals surface area contributed by atoms with Gasteiger partial charge < -0.3 is 0 Å². The van der Waals surface area contributed by atoms with Gasteiger partial charge in [0.2, 0.25) is 0 Å². The van der Waals surface area contributed by atoms with Gasteiger partial charge in [0.05, 0.1) is 0 Å². The van der Waals surface area contributed by atoms with Crippen molar-refractivity contribution in [2.75, 3.05) is 0 Å². The number of hydrogen-bond donors (Lipinski definition) is 2. The molecule has 0 spiro atoms. The first-order valence-electron chi connectivity index (χ1n) is 7.65. The van der Waals surface area contributed by atoms with Gasteiger partial charge in [0.15, 0.2) is 0 Å². The van der Waals surface area contributed by atoms with Crippen molar-refractivity contribution in [3.05, 3.63) is 0 Å². The van der Waals surface area contributed by atoms with Crippen molar-refractivity contribution >= 4 is 25.3 Å². The molecular formula is C15H30S2. The Morgan fingerprint density at radius 3 is 1.06 bits per heavy atom. The van der Waals surface area contributed by atoms with Gasteiger partial charge in [-0.25, -0.2) is 0 Å². The maximum absolute atomic E-state index is 4.70. The topological polar surface area (TPSA) is 0 Å². The molecule has 0 aliphatic heterocycles. The second kappa shape index (κ2) is 10.6. The van der Waals surface area contributed by atoms with Crippen molar-refractivity contribution < 1.29 is 0 Å². The summed E-state index contributed by atoms with van der Waals surface area (Å²) in [5.74, 6) is 0. The molecule has 2 heteroatoms. The monoisotopic (exact) mass is 274 g/mol. The molecule has 0 aromatic heterocycles. The van der Waals surface area contributed by atoms with Crippen LogP contribution in [0.4, 0.5) is 0 Å². The third-order valence-electron chi connectivity index (χ3n) is 3.91. The van der Waals surface area contributed by atoms with Gasteiger partial charge in [-0.2, -0.15) is 25.3 Å². The maximum atomic E-state index is 4.70. The van der Waals surface area contributed by atoms with Crippen LogP contribution in [-0.2, 0) is 0 Å². The second-order valence-corrected chi connectivity index (χ2v) is 7.10. The lowest BCUT2D eigenvalue weighted by molar-refractivity contribution is 0.550. The first-order chi connectivity index (χ1) is 8.29. The molecule has 1 saturated carbocycles. The molecular weight excluding hydrogens is 244 g/mol. The molecule has 1 aliphatic carbocycles. The molecule has 0 bridgehead atoms. The lowest BCUT2D eigenvalue weighted by atomic mass is 10.0. The third-order valence-corrected chi connectivity index (χ3v) is 4.94. The van der Waals surface area contributed by atoms with E-state index in [4.69, 9.17) is 25.3 Å². The fourth-order valence-electron chi connectivity index (χ4n) is 2.67. The molecule has 0 saturated heterocycles. The normalized spacial score (nSPS) is 31.4. The van der Waals surface area contributed by atoms with Crippen molar-refractivity contribution in [3.63, 3.8) is 0 Å². The van der Waals surface area contributed by atoms with Crippen molar-refractivity contribution in [1.29, 1.82) is 0 Å². The maximum Gasteiger partial charge on any atom is 0.00172 e. The SMILES string of the molecule is SC1CCCCCCCCCCCC(S)CC1. The number of thiol groups is 2. The standard InChI is InChI=1S/C15H30S2/c16-14-10-8-6-4-2-1-3-5-7-9-11-15(17)13-12-14/h14-17H,1-13H2. The second-order valence-electron chi connectivity index (χ2n) is 5.64. The minimum atomic E-state index is 0.620. The first kappa shape index (κ1) is 15.8. The summed E-state index contributed by atoms with van der Waals surface area (Å²) in [5.41, 5.74) is 0. The van der Waals surface area contributed by atoms with Crippen molar-refractivity contribution in [1.82, 2.24) is 0 Å². The fourth-order valence-corrected chi connectivity index (χ4v) is 3.33. The van der Waals surface area contributed by atoms with Gasteiger partial charge in [0.1, 0.15) is 0 Å². The predicted molar refractivity (Wildman–Crippen MR) is 85.6 cm³/mol. The zero-order chi connectivity index (χ0) is 12.3. The smallest absolute Gasteiger partial charge is 0.00172 e. The zero-order valence-electron chi connectivity index (χ0n) is 11.2. The van der Waals surface area contributed by atoms with Crippen LogP contribution in [0, 0.1) is 0 Å². The summed E-state index contributed by atoms with van der Waals surface area (Å²) in [6.45, 7) is 0. The molecule has 1 aliphatic rings. The Bertz CT molecular complexity index is 152. The Balaban J connectivity index is 2.20. The van der Waals surface area contributed by atoms with Crippen LogP contribution in [0.25, 0.3) is 0 Å². The summed E-state index contributed by atoms with van der Waals surface area (Å²) in [4.78, 5) is 0. The molecule has 0 aromatic carbocycles. The van der Waals surface area contributed by atoms with Gasteiger partial charge in [-0.05, 0) is 25.7 Å². The molecule has 17 heavy (non-hydrogen) atoms.